The summed E-state index contributed by atoms with van der Waals surface area (Å²) in [5, 5.41) is 0. The van der Waals surface area contributed by atoms with Crippen LogP contribution in [0.2, 0.25) is 0 Å². The van der Waals surface area contributed by atoms with Gasteiger partial charge in [-0.15, -0.1) is 0 Å². The molecule has 0 bridgehead atoms. The Hall–Kier alpha value is -1.82. The third-order valence-electron chi connectivity index (χ3n) is 3.23. The van der Waals surface area contributed by atoms with E-state index >= 15 is 0 Å². The standard InChI is InChI=1S/C16H24N2O4/c1-15(2,3)22-14(19)18-12(11-21-16(18,4)5)10-20-13-8-6-7-9-17-13/h6-9,12H,10-11H2,1-5H3/t12-/m0/s1. The van der Waals surface area contributed by atoms with Crippen LogP contribution < -0.4 is 4.74 Å². The van der Waals surface area contributed by atoms with Gasteiger partial charge in [0.15, 0.2) is 0 Å². The first kappa shape index (κ1) is 16.5. The Morgan fingerprint density at radius 1 is 1.45 bits per heavy atom. The topological polar surface area (TPSA) is 60.9 Å². The Labute approximate surface area is 131 Å². The fourth-order valence-electron chi connectivity index (χ4n) is 2.30. The molecule has 1 aliphatic heterocycles. The number of carbonyl (C=O) groups excluding carboxylic acids is 1. The molecule has 122 valence electrons. The molecule has 1 aromatic heterocycles. The van der Waals surface area contributed by atoms with Gasteiger partial charge in [0.25, 0.3) is 0 Å². The van der Waals surface area contributed by atoms with Crippen molar-refractivity contribution < 1.29 is 19.0 Å². The molecular formula is C16H24N2O4. The Morgan fingerprint density at radius 2 is 2.18 bits per heavy atom. The van der Waals surface area contributed by atoms with Gasteiger partial charge in [-0.05, 0) is 40.7 Å². The molecule has 2 rings (SSSR count). The van der Waals surface area contributed by atoms with E-state index in [1.54, 1.807) is 17.2 Å². The van der Waals surface area contributed by atoms with Gasteiger partial charge in [0, 0.05) is 12.3 Å². The smallest absolute Gasteiger partial charge is 0.413 e. The lowest BCUT2D eigenvalue weighted by Gasteiger charge is -2.34. The first-order valence-corrected chi connectivity index (χ1v) is 7.39. The number of ether oxygens (including phenoxy) is 3. The second kappa shape index (κ2) is 6.12. The van der Waals surface area contributed by atoms with Crippen LogP contribution in [0.1, 0.15) is 34.6 Å². The van der Waals surface area contributed by atoms with Crippen molar-refractivity contribution in [2.45, 2.75) is 52.0 Å². The highest BCUT2D eigenvalue weighted by molar-refractivity contribution is 5.69. The van der Waals surface area contributed by atoms with Crippen molar-refractivity contribution >= 4 is 6.09 Å². The van der Waals surface area contributed by atoms with E-state index in [-0.39, 0.29) is 6.04 Å². The third-order valence-corrected chi connectivity index (χ3v) is 3.23. The zero-order valence-electron chi connectivity index (χ0n) is 13.8. The van der Waals surface area contributed by atoms with Crippen molar-refractivity contribution in [3.05, 3.63) is 24.4 Å². The summed E-state index contributed by atoms with van der Waals surface area (Å²) in [6.45, 7) is 9.92. The van der Waals surface area contributed by atoms with Crippen LogP contribution in [0.15, 0.2) is 24.4 Å². The van der Waals surface area contributed by atoms with Gasteiger partial charge in [-0.3, -0.25) is 4.90 Å². The molecule has 1 aliphatic rings. The number of hydrogen-bond acceptors (Lipinski definition) is 5. The van der Waals surface area contributed by atoms with Crippen LogP contribution >= 0.6 is 0 Å². The average molecular weight is 308 g/mol. The van der Waals surface area contributed by atoms with Crippen molar-refractivity contribution in [2.24, 2.45) is 0 Å². The third kappa shape index (κ3) is 4.10. The molecule has 0 aliphatic carbocycles. The second-order valence-electron chi connectivity index (χ2n) is 6.74. The summed E-state index contributed by atoms with van der Waals surface area (Å²) >= 11 is 0. The summed E-state index contributed by atoms with van der Waals surface area (Å²) in [5.41, 5.74) is -1.28. The van der Waals surface area contributed by atoms with Crippen molar-refractivity contribution in [1.82, 2.24) is 9.88 Å². The maximum Gasteiger partial charge on any atom is 0.413 e. The van der Waals surface area contributed by atoms with Gasteiger partial charge < -0.3 is 14.2 Å². The van der Waals surface area contributed by atoms with Crippen molar-refractivity contribution in [2.75, 3.05) is 13.2 Å². The molecule has 1 fully saturated rings. The minimum Gasteiger partial charge on any atom is -0.475 e. The quantitative estimate of drug-likeness (QED) is 0.859. The average Bonchev–Trinajstić information content (AvgIpc) is 2.71. The molecule has 22 heavy (non-hydrogen) atoms. The number of hydrogen-bond donors (Lipinski definition) is 0. The van der Waals surface area contributed by atoms with Crippen LogP contribution in [0.5, 0.6) is 5.88 Å². The SMILES string of the molecule is CC(C)(C)OC(=O)N1[C@@H](COc2ccccn2)COC1(C)C. The monoisotopic (exact) mass is 308 g/mol. The van der Waals surface area contributed by atoms with E-state index in [1.807, 2.05) is 46.8 Å². The van der Waals surface area contributed by atoms with Crippen molar-refractivity contribution in [1.29, 1.82) is 0 Å². The highest BCUT2D eigenvalue weighted by Gasteiger charge is 2.46. The van der Waals surface area contributed by atoms with E-state index in [4.69, 9.17) is 14.2 Å². The van der Waals surface area contributed by atoms with Gasteiger partial charge >= 0.3 is 6.09 Å². The molecule has 0 aromatic carbocycles. The van der Waals surface area contributed by atoms with Crippen LogP contribution in [-0.2, 0) is 9.47 Å². The molecule has 6 nitrogen and oxygen atoms in total. The van der Waals surface area contributed by atoms with Gasteiger partial charge in [0.05, 0.1) is 12.6 Å². The lowest BCUT2D eigenvalue weighted by atomic mass is 10.2. The van der Waals surface area contributed by atoms with Gasteiger partial charge in [-0.25, -0.2) is 9.78 Å². The van der Waals surface area contributed by atoms with E-state index in [0.717, 1.165) is 0 Å². The summed E-state index contributed by atoms with van der Waals surface area (Å²) in [6.07, 6.45) is 1.26. The summed E-state index contributed by atoms with van der Waals surface area (Å²) in [7, 11) is 0. The molecule has 1 atom stereocenters. The number of carbonyl (C=O) groups is 1. The van der Waals surface area contributed by atoms with Crippen molar-refractivity contribution in [3.8, 4) is 5.88 Å². The van der Waals surface area contributed by atoms with E-state index < -0.39 is 17.4 Å². The van der Waals surface area contributed by atoms with E-state index in [2.05, 4.69) is 4.98 Å². The molecule has 0 unspecified atom stereocenters. The van der Waals surface area contributed by atoms with E-state index in [9.17, 15) is 4.79 Å². The molecule has 0 spiro atoms. The highest BCUT2D eigenvalue weighted by Crippen LogP contribution is 2.29. The minimum absolute atomic E-state index is 0.216. The molecule has 0 saturated carbocycles. The molecule has 0 radical (unpaired) electrons. The Kier molecular flexibility index (Phi) is 4.60. The molecule has 6 heteroatoms. The molecule has 1 amide bonds. The van der Waals surface area contributed by atoms with Crippen LogP contribution in [0, 0.1) is 0 Å². The number of nitrogens with zero attached hydrogens (tertiary/aromatic N) is 2. The Balaban J connectivity index is 2.04. The lowest BCUT2D eigenvalue weighted by molar-refractivity contribution is -0.0637. The predicted octanol–water partition coefficient (Wildman–Crippen LogP) is 2.83. The fourth-order valence-corrected chi connectivity index (χ4v) is 2.30. The Bertz CT molecular complexity index is 511. The molecule has 1 saturated heterocycles. The van der Waals surface area contributed by atoms with Crippen LogP contribution in [-0.4, -0.2) is 46.6 Å². The summed E-state index contributed by atoms with van der Waals surface area (Å²) < 4.78 is 16.8. The summed E-state index contributed by atoms with van der Waals surface area (Å²) in [6, 6.07) is 5.23. The maximum atomic E-state index is 12.5. The molecule has 0 N–H and O–H groups in total. The predicted molar refractivity (Wildman–Crippen MR) is 81.6 cm³/mol. The molecule has 1 aromatic rings. The minimum atomic E-state index is -0.722. The lowest BCUT2D eigenvalue weighted by Crippen LogP contribution is -2.51. The van der Waals surface area contributed by atoms with Gasteiger partial charge in [-0.1, -0.05) is 6.07 Å². The molecular weight excluding hydrogens is 284 g/mol. The van der Waals surface area contributed by atoms with Crippen LogP contribution in [0.4, 0.5) is 4.79 Å². The van der Waals surface area contributed by atoms with Crippen LogP contribution in [0.3, 0.4) is 0 Å². The van der Waals surface area contributed by atoms with E-state index in [0.29, 0.717) is 19.1 Å². The van der Waals surface area contributed by atoms with Gasteiger partial charge in [0.2, 0.25) is 5.88 Å². The summed E-state index contributed by atoms with van der Waals surface area (Å²) in [5.74, 6) is 0.524. The molecule has 2 heterocycles. The summed E-state index contributed by atoms with van der Waals surface area (Å²) in [4.78, 5) is 18.2. The number of rotatable bonds is 3. The first-order chi connectivity index (χ1) is 10.2. The zero-order chi connectivity index (χ0) is 16.4. The van der Waals surface area contributed by atoms with Crippen LogP contribution in [0.25, 0.3) is 0 Å². The normalized spacial score (nSPS) is 20.8. The number of pyridine rings is 1. The Morgan fingerprint density at radius 3 is 2.77 bits per heavy atom. The van der Waals surface area contributed by atoms with Gasteiger partial charge in [0.1, 0.15) is 17.9 Å². The second-order valence-corrected chi connectivity index (χ2v) is 6.74. The van der Waals surface area contributed by atoms with Crippen molar-refractivity contribution in [3.63, 3.8) is 0 Å². The maximum absolute atomic E-state index is 12.5. The largest absolute Gasteiger partial charge is 0.475 e. The highest BCUT2D eigenvalue weighted by atomic mass is 16.6. The van der Waals surface area contributed by atoms with E-state index in [1.165, 1.54) is 0 Å². The van der Waals surface area contributed by atoms with Gasteiger partial charge in [-0.2, -0.15) is 0 Å². The zero-order valence-corrected chi connectivity index (χ0v) is 13.8. The first-order valence-electron chi connectivity index (χ1n) is 7.39. The number of aromatic nitrogens is 1. The fraction of sp³-hybridized carbons (Fsp3) is 0.625. The number of amides is 1.